The Kier molecular flexibility index (Phi) is 20.3. The molecule has 0 aliphatic carbocycles. The normalized spacial score (nSPS) is 11.6. The summed E-state index contributed by atoms with van der Waals surface area (Å²) in [5, 5.41) is 2.66. The summed E-state index contributed by atoms with van der Waals surface area (Å²) in [5.74, 6) is 0. The van der Waals surface area contributed by atoms with Gasteiger partial charge in [0.25, 0.3) is 0 Å². The molecule has 29 heavy (non-hydrogen) atoms. The quantitative estimate of drug-likeness (QED) is 0.154. The van der Waals surface area contributed by atoms with Gasteiger partial charge in [-0.1, -0.05) is 90.4 Å². The van der Waals surface area contributed by atoms with E-state index >= 15 is 0 Å². The maximum atomic E-state index is 11.8. The minimum absolute atomic E-state index is 0.277. The van der Waals surface area contributed by atoms with Gasteiger partial charge in [-0.2, -0.15) is 0 Å². The largest absolute Gasteiger partial charge is 0.450 e. The summed E-state index contributed by atoms with van der Waals surface area (Å²) in [7, 11) is -0.260. The molecule has 0 unspecified atom stereocenters. The average molecular weight is 436 g/mol. The molecule has 0 rings (SSSR count). The Morgan fingerprint density at radius 3 is 1.62 bits per heavy atom. The van der Waals surface area contributed by atoms with E-state index in [4.69, 9.17) is 13.8 Å². The van der Waals surface area contributed by atoms with Crippen LogP contribution in [0.4, 0.5) is 4.79 Å². The smallest absolute Gasteiger partial charge is 0.407 e. The van der Waals surface area contributed by atoms with Crippen molar-refractivity contribution in [2.24, 2.45) is 0 Å². The Morgan fingerprint density at radius 1 is 0.724 bits per heavy atom. The minimum atomic E-state index is -2.99. The van der Waals surface area contributed by atoms with E-state index in [0.717, 1.165) is 12.8 Å². The molecule has 0 bridgehead atoms. The van der Waals surface area contributed by atoms with Gasteiger partial charge in [0.15, 0.2) is 0 Å². The number of unbranched alkanes of at least 4 members (excludes halogenated alkanes) is 13. The molecule has 6 nitrogen and oxygen atoms in total. The molecule has 0 heterocycles. The summed E-state index contributed by atoms with van der Waals surface area (Å²) in [4.78, 5) is 11.6. The van der Waals surface area contributed by atoms with Gasteiger partial charge >= 0.3 is 13.7 Å². The van der Waals surface area contributed by atoms with Gasteiger partial charge in [0.05, 0.1) is 12.8 Å². The number of hydrogen-bond donors (Lipinski definition) is 1. The number of ether oxygens (including phenoxy) is 1. The third-order valence-corrected chi connectivity index (χ3v) is 7.14. The molecule has 7 heteroatoms. The fraction of sp³-hybridized carbons (Fsp3) is 0.955. The highest BCUT2D eigenvalue weighted by Gasteiger charge is 2.19. The van der Waals surface area contributed by atoms with Crippen LogP contribution in [-0.2, 0) is 18.3 Å². The lowest BCUT2D eigenvalue weighted by atomic mass is 10.0. The lowest BCUT2D eigenvalue weighted by Gasteiger charge is -2.13. The van der Waals surface area contributed by atoms with Gasteiger partial charge < -0.3 is 19.1 Å². The van der Waals surface area contributed by atoms with E-state index in [1.807, 2.05) is 0 Å². The molecule has 1 N–H and O–H groups in total. The average Bonchev–Trinajstić information content (AvgIpc) is 2.73. The molecule has 0 aliphatic rings. The molecule has 1 amide bonds. The first-order valence-corrected chi connectivity index (χ1v) is 13.4. The molecule has 0 fully saturated rings. The zero-order chi connectivity index (χ0) is 21.6. The first kappa shape index (κ1) is 28.4. The van der Waals surface area contributed by atoms with Crippen molar-refractivity contribution in [2.45, 2.75) is 103 Å². The number of alkyl carbamates (subject to hydrolysis) is 1. The molecule has 0 aliphatic heterocycles. The Balaban J connectivity index is 3.28. The molecule has 0 spiro atoms. The van der Waals surface area contributed by atoms with Gasteiger partial charge in [-0.3, -0.25) is 4.57 Å². The van der Waals surface area contributed by atoms with Crippen LogP contribution in [0.15, 0.2) is 0 Å². The van der Waals surface area contributed by atoms with Gasteiger partial charge in [-0.05, 0) is 12.8 Å². The van der Waals surface area contributed by atoms with Crippen molar-refractivity contribution >= 4 is 13.7 Å². The molecule has 0 saturated carbocycles. The van der Waals surface area contributed by atoms with E-state index in [1.165, 1.54) is 91.3 Å². The van der Waals surface area contributed by atoms with Crippen molar-refractivity contribution < 1.29 is 23.1 Å². The van der Waals surface area contributed by atoms with E-state index in [2.05, 4.69) is 12.2 Å². The summed E-state index contributed by atoms with van der Waals surface area (Å²) in [6.45, 7) is 3.12. The monoisotopic (exact) mass is 435 g/mol. The van der Waals surface area contributed by atoms with Gasteiger partial charge in [0.1, 0.15) is 0 Å². The fourth-order valence-electron chi connectivity index (χ4n) is 3.23. The standard InChI is InChI=1S/C22H46NO5P/c1-4-5-6-7-8-9-10-11-12-13-14-15-16-17-20-28-22(24)23-19-18-21-29(25,26-2)27-3/h4-21H2,1-3H3,(H,23,24). The molecule has 0 atom stereocenters. The number of rotatable bonds is 21. The van der Waals surface area contributed by atoms with Crippen LogP contribution in [-0.4, -0.2) is 39.6 Å². The van der Waals surface area contributed by atoms with E-state index in [1.54, 1.807) is 0 Å². The maximum absolute atomic E-state index is 11.8. The molecule has 174 valence electrons. The highest BCUT2D eigenvalue weighted by atomic mass is 31.2. The van der Waals surface area contributed by atoms with Crippen molar-refractivity contribution in [1.29, 1.82) is 0 Å². The number of nitrogens with one attached hydrogen (secondary N) is 1. The van der Waals surface area contributed by atoms with Crippen molar-refractivity contribution in [3.8, 4) is 0 Å². The first-order valence-electron chi connectivity index (χ1n) is 11.7. The minimum Gasteiger partial charge on any atom is -0.450 e. The summed E-state index contributed by atoms with van der Waals surface area (Å²) < 4.78 is 26.7. The fourth-order valence-corrected chi connectivity index (χ4v) is 4.29. The SMILES string of the molecule is CCCCCCCCCCCCCCCCOC(=O)NCCCP(=O)(OC)OC. The molecule has 0 saturated heterocycles. The Morgan fingerprint density at radius 2 is 1.17 bits per heavy atom. The second-order valence-corrected chi connectivity index (χ2v) is 10.1. The van der Waals surface area contributed by atoms with Crippen LogP contribution in [0.3, 0.4) is 0 Å². The molecular formula is C22H46NO5P. The highest BCUT2D eigenvalue weighted by Crippen LogP contribution is 2.46. The Hall–Kier alpha value is -0.580. The summed E-state index contributed by atoms with van der Waals surface area (Å²) in [5.41, 5.74) is 0. The summed E-state index contributed by atoms with van der Waals surface area (Å²) in [6.07, 6.45) is 18.7. The number of carbonyl (C=O) groups is 1. The third-order valence-electron chi connectivity index (χ3n) is 5.17. The van der Waals surface area contributed by atoms with Crippen molar-refractivity contribution in [1.82, 2.24) is 5.32 Å². The van der Waals surface area contributed by atoms with Crippen LogP contribution < -0.4 is 5.32 Å². The van der Waals surface area contributed by atoms with Crippen LogP contribution in [0.2, 0.25) is 0 Å². The second-order valence-electron chi connectivity index (χ2n) is 7.71. The van der Waals surface area contributed by atoms with E-state index in [9.17, 15) is 9.36 Å². The molecule has 0 aromatic rings. The van der Waals surface area contributed by atoms with E-state index in [0.29, 0.717) is 19.6 Å². The highest BCUT2D eigenvalue weighted by molar-refractivity contribution is 7.53. The van der Waals surface area contributed by atoms with Crippen LogP contribution in [0.25, 0.3) is 0 Å². The van der Waals surface area contributed by atoms with E-state index < -0.39 is 13.7 Å². The Labute approximate surface area is 179 Å². The predicted molar refractivity (Wildman–Crippen MR) is 121 cm³/mol. The molecular weight excluding hydrogens is 389 g/mol. The summed E-state index contributed by atoms with van der Waals surface area (Å²) >= 11 is 0. The van der Waals surface area contributed by atoms with Crippen LogP contribution >= 0.6 is 7.60 Å². The van der Waals surface area contributed by atoms with Gasteiger partial charge in [-0.15, -0.1) is 0 Å². The number of hydrogen-bond acceptors (Lipinski definition) is 5. The van der Waals surface area contributed by atoms with Gasteiger partial charge in [0, 0.05) is 20.8 Å². The lowest BCUT2D eigenvalue weighted by Crippen LogP contribution is -2.26. The predicted octanol–water partition coefficient (Wildman–Crippen LogP) is 7.07. The Bertz CT molecular complexity index is 412. The van der Waals surface area contributed by atoms with Crippen LogP contribution in [0, 0.1) is 0 Å². The maximum Gasteiger partial charge on any atom is 0.407 e. The van der Waals surface area contributed by atoms with Gasteiger partial charge in [-0.25, -0.2) is 4.79 Å². The molecule has 0 aromatic carbocycles. The van der Waals surface area contributed by atoms with Crippen molar-refractivity contribution in [3.05, 3.63) is 0 Å². The zero-order valence-corrected chi connectivity index (χ0v) is 20.1. The number of amides is 1. The topological polar surface area (TPSA) is 73.9 Å². The first-order chi connectivity index (χ1) is 14.1. The molecule has 0 radical (unpaired) electrons. The second kappa shape index (κ2) is 20.7. The third kappa shape index (κ3) is 19.1. The van der Waals surface area contributed by atoms with Crippen LogP contribution in [0.5, 0.6) is 0 Å². The van der Waals surface area contributed by atoms with Crippen LogP contribution in [0.1, 0.15) is 103 Å². The lowest BCUT2D eigenvalue weighted by molar-refractivity contribution is 0.143. The van der Waals surface area contributed by atoms with E-state index in [-0.39, 0.29) is 6.16 Å². The van der Waals surface area contributed by atoms with Crippen molar-refractivity contribution in [2.75, 3.05) is 33.5 Å². The molecule has 0 aromatic heterocycles. The zero-order valence-electron chi connectivity index (χ0n) is 19.2. The van der Waals surface area contributed by atoms with Gasteiger partial charge in [0.2, 0.25) is 0 Å². The van der Waals surface area contributed by atoms with Crippen molar-refractivity contribution in [3.63, 3.8) is 0 Å². The summed E-state index contributed by atoms with van der Waals surface area (Å²) in [6, 6.07) is 0. The number of carbonyl (C=O) groups excluding carboxylic acids is 1.